The number of hydrogen-bond donors (Lipinski definition) is 8. The number of hydrogen-bond acceptors (Lipinski definition) is 8. The first-order chi connectivity index (χ1) is 14.8. The number of phenolic OH excluding ortho intramolecular Hbond substituents is 1. The van der Waals surface area contributed by atoms with Crippen LogP contribution in [0.1, 0.15) is 29.6 Å². The fourth-order valence-electron chi connectivity index (χ4n) is 3.50. The van der Waals surface area contributed by atoms with E-state index in [0.717, 1.165) is 12.1 Å². The van der Waals surface area contributed by atoms with Gasteiger partial charge in [0.05, 0.1) is 10.0 Å². The number of carbonyl (C=O) groups is 4. The molecule has 0 spiro atoms. The number of carboxylic acids is 3. The number of aliphatic hydroxyl groups is 1. The Balaban J connectivity index is 2.17. The van der Waals surface area contributed by atoms with Crippen molar-refractivity contribution >= 4 is 47.0 Å². The van der Waals surface area contributed by atoms with Crippen LogP contribution in [0.2, 0.25) is 10.0 Å². The van der Waals surface area contributed by atoms with E-state index in [1.165, 1.54) is 0 Å². The van der Waals surface area contributed by atoms with E-state index in [9.17, 15) is 39.6 Å². The summed E-state index contributed by atoms with van der Waals surface area (Å²) < 4.78 is 0. The number of nitrogens with two attached hydrogens (primary N) is 1. The molecule has 12 nitrogen and oxygen atoms in total. The van der Waals surface area contributed by atoms with Crippen molar-refractivity contribution in [3.8, 4) is 5.75 Å². The van der Waals surface area contributed by atoms with Gasteiger partial charge in [-0.15, -0.1) is 0 Å². The average molecular weight is 494 g/mol. The molecule has 5 atom stereocenters. The maximum Gasteiger partial charge on any atom is 0.326 e. The van der Waals surface area contributed by atoms with Gasteiger partial charge in [-0.1, -0.05) is 23.2 Å². The number of nitrogens with one attached hydrogen (secondary N) is 2. The van der Waals surface area contributed by atoms with Gasteiger partial charge in [0.2, 0.25) is 0 Å². The van der Waals surface area contributed by atoms with Crippen LogP contribution >= 0.6 is 23.2 Å². The quantitative estimate of drug-likeness (QED) is 0.221. The zero-order chi connectivity index (χ0) is 24.4. The van der Waals surface area contributed by atoms with Gasteiger partial charge in [-0.05, 0) is 31.4 Å². The smallest absolute Gasteiger partial charge is 0.326 e. The number of carboxylic acid groups (broad SMARTS) is 3. The second-order valence-corrected chi connectivity index (χ2v) is 8.17. The lowest BCUT2D eigenvalue weighted by Crippen LogP contribution is -2.65. The molecular weight excluding hydrogens is 473 g/mol. The predicted octanol–water partition coefficient (Wildman–Crippen LogP) is -0.380. The fourth-order valence-corrected chi connectivity index (χ4v) is 3.99. The number of aliphatic carboxylic acids is 3. The van der Waals surface area contributed by atoms with Gasteiger partial charge in [-0.25, -0.2) is 4.79 Å². The van der Waals surface area contributed by atoms with Crippen LogP contribution in [0.25, 0.3) is 0 Å². The third kappa shape index (κ3) is 5.22. The molecular formula is C18H21Cl2N3O9. The third-order valence-corrected chi connectivity index (χ3v) is 5.84. The van der Waals surface area contributed by atoms with Crippen molar-refractivity contribution in [3.63, 3.8) is 0 Å². The minimum atomic E-state index is -2.10. The number of amides is 1. The number of aliphatic hydroxyl groups excluding tert-OH is 1. The highest BCUT2D eigenvalue weighted by Crippen LogP contribution is 2.33. The van der Waals surface area contributed by atoms with Gasteiger partial charge in [0.15, 0.2) is 5.75 Å². The Hall–Kier alpha value is -2.64. The fraction of sp³-hybridized carbons (Fsp3) is 0.444. The van der Waals surface area contributed by atoms with E-state index in [0.29, 0.717) is 0 Å². The monoisotopic (exact) mass is 493 g/mol. The molecule has 0 saturated carbocycles. The Kier molecular flexibility index (Phi) is 7.91. The summed E-state index contributed by atoms with van der Waals surface area (Å²) >= 11 is 11.5. The summed E-state index contributed by atoms with van der Waals surface area (Å²) in [4.78, 5) is 47.0. The molecule has 0 aromatic heterocycles. The summed E-state index contributed by atoms with van der Waals surface area (Å²) in [6.45, 7) is 0. The molecule has 1 saturated heterocycles. The lowest BCUT2D eigenvalue weighted by atomic mass is 9.86. The second-order valence-electron chi connectivity index (χ2n) is 7.35. The molecule has 1 unspecified atom stereocenters. The van der Waals surface area contributed by atoms with E-state index in [1.807, 2.05) is 0 Å². The Bertz CT molecular complexity index is 921. The van der Waals surface area contributed by atoms with Gasteiger partial charge in [0.25, 0.3) is 5.91 Å². The van der Waals surface area contributed by atoms with Crippen LogP contribution in [0, 0.1) is 0 Å². The highest BCUT2D eigenvalue weighted by atomic mass is 35.5. The molecule has 0 bridgehead atoms. The average Bonchev–Trinajstić information content (AvgIpc) is 3.15. The standard InChI is InChI=1S/C18H21Cl2N3O9/c19-8-3-6(4-9(20)12(8)24)14(26)22-10(15(27)28)5-7-1-2-18(23-7,17(31)32)13(25)11(21)16(29)30/h3-4,7,10-11,13,23-25H,1-2,5,21H2,(H,22,26)(H,27,28)(H,29,30)(H,31,32)/t7-,10+,11-,13?,18-/m1/s1. The molecule has 1 aromatic carbocycles. The highest BCUT2D eigenvalue weighted by molar-refractivity contribution is 6.37. The number of benzene rings is 1. The van der Waals surface area contributed by atoms with E-state index >= 15 is 0 Å². The third-order valence-electron chi connectivity index (χ3n) is 5.26. The van der Waals surface area contributed by atoms with E-state index in [2.05, 4.69) is 10.6 Å². The van der Waals surface area contributed by atoms with Crippen molar-refractivity contribution in [2.24, 2.45) is 5.73 Å². The van der Waals surface area contributed by atoms with Crippen LogP contribution in [0.15, 0.2) is 12.1 Å². The molecule has 1 fully saturated rings. The van der Waals surface area contributed by atoms with Crippen molar-refractivity contribution in [1.82, 2.24) is 10.6 Å². The Labute approximate surface area is 190 Å². The van der Waals surface area contributed by atoms with Crippen molar-refractivity contribution in [3.05, 3.63) is 27.7 Å². The molecule has 1 heterocycles. The topological polar surface area (TPSA) is 220 Å². The summed E-state index contributed by atoms with van der Waals surface area (Å²) in [5.41, 5.74) is 3.16. The summed E-state index contributed by atoms with van der Waals surface area (Å²) in [5, 5.41) is 52.3. The molecule has 32 heavy (non-hydrogen) atoms. The predicted molar refractivity (Wildman–Crippen MR) is 110 cm³/mol. The number of rotatable bonds is 9. The Morgan fingerprint density at radius 1 is 1.16 bits per heavy atom. The van der Waals surface area contributed by atoms with Gasteiger partial charge >= 0.3 is 17.9 Å². The molecule has 1 aromatic rings. The van der Waals surface area contributed by atoms with Crippen LogP contribution in [0.3, 0.4) is 0 Å². The molecule has 176 valence electrons. The lowest BCUT2D eigenvalue weighted by Gasteiger charge is -2.33. The van der Waals surface area contributed by atoms with Gasteiger partial charge in [-0.2, -0.15) is 0 Å². The van der Waals surface area contributed by atoms with Crippen LogP contribution in [0.4, 0.5) is 0 Å². The largest absolute Gasteiger partial charge is 0.505 e. The van der Waals surface area contributed by atoms with Crippen molar-refractivity contribution in [2.75, 3.05) is 0 Å². The molecule has 1 aliphatic rings. The van der Waals surface area contributed by atoms with Crippen LogP contribution in [-0.2, 0) is 14.4 Å². The first kappa shape index (κ1) is 25.6. The van der Waals surface area contributed by atoms with Crippen molar-refractivity contribution < 1.29 is 44.7 Å². The van der Waals surface area contributed by atoms with E-state index in [-0.39, 0.29) is 34.9 Å². The van der Waals surface area contributed by atoms with E-state index < -0.39 is 59.3 Å². The summed E-state index contributed by atoms with van der Waals surface area (Å²) in [5.74, 6) is -5.89. The zero-order valence-electron chi connectivity index (χ0n) is 16.3. The molecule has 14 heteroatoms. The van der Waals surface area contributed by atoms with Gasteiger partial charge in [-0.3, -0.25) is 19.7 Å². The van der Waals surface area contributed by atoms with Gasteiger partial charge < -0.3 is 36.6 Å². The molecule has 0 aliphatic carbocycles. The van der Waals surface area contributed by atoms with Gasteiger partial charge in [0.1, 0.15) is 23.7 Å². The normalized spacial score (nSPS) is 23.2. The van der Waals surface area contributed by atoms with Crippen LogP contribution in [0.5, 0.6) is 5.75 Å². The second kappa shape index (κ2) is 9.88. The maximum absolute atomic E-state index is 12.4. The van der Waals surface area contributed by atoms with Crippen LogP contribution < -0.4 is 16.4 Å². The number of phenols is 1. The first-order valence-corrected chi connectivity index (χ1v) is 9.95. The van der Waals surface area contributed by atoms with Crippen molar-refractivity contribution in [2.45, 2.75) is 49.0 Å². The summed E-state index contributed by atoms with van der Waals surface area (Å²) in [6.07, 6.45) is -2.45. The molecule has 9 N–H and O–H groups in total. The van der Waals surface area contributed by atoms with Crippen molar-refractivity contribution in [1.29, 1.82) is 0 Å². The summed E-state index contributed by atoms with van der Waals surface area (Å²) in [7, 11) is 0. The molecule has 1 amide bonds. The molecule has 2 rings (SSSR count). The maximum atomic E-state index is 12.4. The van der Waals surface area contributed by atoms with E-state index in [4.69, 9.17) is 34.0 Å². The van der Waals surface area contributed by atoms with Gasteiger partial charge in [0, 0.05) is 11.6 Å². The lowest BCUT2D eigenvalue weighted by molar-refractivity contribution is -0.153. The zero-order valence-corrected chi connectivity index (χ0v) is 17.8. The summed E-state index contributed by atoms with van der Waals surface area (Å²) in [6, 6.07) is -2.01. The minimum Gasteiger partial charge on any atom is -0.505 e. The number of carbonyl (C=O) groups excluding carboxylic acids is 1. The SMILES string of the molecule is N[C@@H](C(=O)O)C(O)[C@@]1(C(=O)O)CC[C@H](C[C@H](NC(=O)c2cc(Cl)c(O)c(Cl)c2)C(=O)O)N1. The van der Waals surface area contributed by atoms with Crippen LogP contribution in [-0.4, -0.2) is 79.1 Å². The minimum absolute atomic E-state index is 0.0617. The Morgan fingerprint density at radius 3 is 2.19 bits per heavy atom. The highest BCUT2D eigenvalue weighted by Gasteiger charge is 2.54. The first-order valence-electron chi connectivity index (χ1n) is 9.19. The molecule has 1 aliphatic heterocycles. The molecule has 0 radical (unpaired) electrons. The number of aromatic hydroxyl groups is 1. The number of halogens is 2. The Morgan fingerprint density at radius 2 is 1.72 bits per heavy atom. The van der Waals surface area contributed by atoms with E-state index in [1.54, 1.807) is 0 Å².